The van der Waals surface area contributed by atoms with Crippen molar-refractivity contribution in [3.05, 3.63) is 48.0 Å². The Bertz CT molecular complexity index is 517. The fraction of sp³-hybridized carbons (Fsp3) is 0.154. The lowest BCUT2D eigenvalue weighted by molar-refractivity contribution is 0.00556. The Morgan fingerprint density at radius 2 is 1.88 bits per heavy atom. The number of Topliss-reactive ketones (excluding diaryl/α,β-unsaturated/α-hetero) is 1. The molecule has 1 atom stereocenters. The van der Waals surface area contributed by atoms with Crippen LogP contribution in [0.2, 0.25) is 0 Å². The summed E-state index contributed by atoms with van der Waals surface area (Å²) in [5.41, 5.74) is 0.354. The molecular formula is C13H11FO2. The van der Waals surface area contributed by atoms with Gasteiger partial charge < -0.3 is 4.74 Å². The number of ether oxygens (including phenoxy) is 1. The first kappa shape index (κ1) is 10.8. The molecule has 0 heterocycles. The van der Waals surface area contributed by atoms with Crippen LogP contribution in [0.25, 0.3) is 10.8 Å². The molecule has 0 unspecified atom stereocenters. The van der Waals surface area contributed by atoms with Crippen LogP contribution in [0.3, 0.4) is 0 Å². The van der Waals surface area contributed by atoms with Crippen molar-refractivity contribution in [1.82, 2.24) is 0 Å². The van der Waals surface area contributed by atoms with Crippen molar-refractivity contribution in [2.45, 2.75) is 6.36 Å². The molecule has 0 amide bonds. The number of hydrogen-bond donors (Lipinski definition) is 0. The van der Waals surface area contributed by atoms with Crippen molar-refractivity contribution in [1.29, 1.82) is 0 Å². The lowest BCUT2D eigenvalue weighted by atomic mass is 10.0. The van der Waals surface area contributed by atoms with E-state index in [4.69, 9.17) is 0 Å². The highest BCUT2D eigenvalue weighted by Crippen LogP contribution is 2.20. The van der Waals surface area contributed by atoms with Crippen molar-refractivity contribution in [2.24, 2.45) is 0 Å². The van der Waals surface area contributed by atoms with Gasteiger partial charge >= 0.3 is 0 Å². The first-order chi connectivity index (χ1) is 7.74. The van der Waals surface area contributed by atoms with E-state index in [2.05, 4.69) is 4.74 Å². The van der Waals surface area contributed by atoms with E-state index in [1.165, 1.54) is 7.11 Å². The molecule has 82 valence electrons. The van der Waals surface area contributed by atoms with E-state index in [0.29, 0.717) is 5.56 Å². The zero-order chi connectivity index (χ0) is 11.5. The second-order valence-corrected chi connectivity index (χ2v) is 3.44. The third kappa shape index (κ3) is 1.82. The number of carbonyl (C=O) groups excluding carboxylic acids is 1. The van der Waals surface area contributed by atoms with Crippen molar-refractivity contribution in [2.75, 3.05) is 7.11 Å². The van der Waals surface area contributed by atoms with Crippen LogP contribution < -0.4 is 0 Å². The highest BCUT2D eigenvalue weighted by atomic mass is 18.2. The van der Waals surface area contributed by atoms with Crippen molar-refractivity contribution < 1.29 is 13.9 Å². The van der Waals surface area contributed by atoms with Gasteiger partial charge in [-0.3, -0.25) is 4.79 Å². The quantitative estimate of drug-likeness (QED) is 0.739. The molecule has 0 saturated carbocycles. The number of rotatable bonds is 3. The van der Waals surface area contributed by atoms with Gasteiger partial charge in [0.1, 0.15) is 0 Å². The number of benzene rings is 2. The van der Waals surface area contributed by atoms with Gasteiger partial charge in [-0.15, -0.1) is 0 Å². The molecule has 16 heavy (non-hydrogen) atoms. The molecule has 0 aliphatic carbocycles. The van der Waals surface area contributed by atoms with E-state index in [1.54, 1.807) is 18.2 Å². The first-order valence-electron chi connectivity index (χ1n) is 4.93. The van der Waals surface area contributed by atoms with Gasteiger partial charge in [0, 0.05) is 12.7 Å². The summed E-state index contributed by atoms with van der Waals surface area (Å²) in [7, 11) is 1.17. The number of fused-ring (bicyclic) bond motifs is 1. The Morgan fingerprint density at radius 3 is 2.62 bits per heavy atom. The molecule has 3 heteroatoms. The first-order valence-corrected chi connectivity index (χ1v) is 4.93. The van der Waals surface area contributed by atoms with Crippen molar-refractivity contribution in [3.8, 4) is 0 Å². The summed E-state index contributed by atoms with van der Waals surface area (Å²) in [5.74, 6) is -0.640. The Hall–Kier alpha value is -1.74. The largest absolute Gasteiger partial charge is 0.345 e. The second-order valence-electron chi connectivity index (χ2n) is 3.44. The molecule has 0 bridgehead atoms. The number of carbonyl (C=O) groups is 1. The van der Waals surface area contributed by atoms with Crippen LogP contribution >= 0.6 is 0 Å². The molecule has 0 aromatic heterocycles. The maximum Gasteiger partial charge on any atom is 0.262 e. The lowest BCUT2D eigenvalue weighted by Gasteiger charge is -2.07. The molecule has 0 radical (unpaired) electrons. The summed E-state index contributed by atoms with van der Waals surface area (Å²) in [5, 5.41) is 1.66. The average Bonchev–Trinajstić information content (AvgIpc) is 2.36. The van der Waals surface area contributed by atoms with E-state index >= 15 is 0 Å². The zero-order valence-corrected chi connectivity index (χ0v) is 8.81. The Labute approximate surface area is 92.6 Å². The molecule has 2 aromatic carbocycles. The third-order valence-corrected chi connectivity index (χ3v) is 2.47. The molecule has 0 N–H and O–H groups in total. The van der Waals surface area contributed by atoms with Gasteiger partial charge in [0.05, 0.1) is 0 Å². The van der Waals surface area contributed by atoms with Gasteiger partial charge in [-0.2, -0.15) is 0 Å². The van der Waals surface area contributed by atoms with Gasteiger partial charge in [0.15, 0.2) is 0 Å². The highest BCUT2D eigenvalue weighted by Gasteiger charge is 2.19. The van der Waals surface area contributed by atoms with Gasteiger partial charge in [-0.05, 0) is 10.8 Å². The lowest BCUT2D eigenvalue weighted by Crippen LogP contribution is -2.17. The van der Waals surface area contributed by atoms with Crippen LogP contribution in [0, 0.1) is 0 Å². The van der Waals surface area contributed by atoms with E-state index in [9.17, 15) is 9.18 Å². The summed E-state index contributed by atoms with van der Waals surface area (Å²) < 4.78 is 17.6. The van der Waals surface area contributed by atoms with Crippen LogP contribution in [0.4, 0.5) is 4.39 Å². The predicted octanol–water partition coefficient (Wildman–Crippen LogP) is 2.96. The van der Waals surface area contributed by atoms with Gasteiger partial charge in [0.2, 0.25) is 5.78 Å². The molecule has 0 fully saturated rings. The normalized spacial score (nSPS) is 12.6. The summed E-state index contributed by atoms with van der Waals surface area (Å²) >= 11 is 0. The molecule has 0 aliphatic rings. The van der Waals surface area contributed by atoms with Gasteiger partial charge in [0.25, 0.3) is 6.36 Å². The van der Waals surface area contributed by atoms with Crippen LogP contribution in [0.1, 0.15) is 10.4 Å². The maximum absolute atomic E-state index is 13.2. The summed E-state index contributed by atoms with van der Waals surface area (Å²) in [4.78, 5) is 11.7. The van der Waals surface area contributed by atoms with Crippen molar-refractivity contribution in [3.63, 3.8) is 0 Å². The third-order valence-electron chi connectivity index (χ3n) is 2.47. The molecule has 2 nitrogen and oxygen atoms in total. The average molecular weight is 217 g/mol. The molecule has 0 aliphatic heterocycles. The van der Waals surface area contributed by atoms with Crippen molar-refractivity contribution >= 4 is 16.6 Å². The van der Waals surface area contributed by atoms with Crippen LogP contribution in [-0.4, -0.2) is 19.3 Å². The minimum Gasteiger partial charge on any atom is -0.345 e. The minimum absolute atomic E-state index is 0.354. The second kappa shape index (κ2) is 4.41. The molecule has 2 rings (SSSR count). The number of halogens is 1. The number of alkyl halides is 1. The smallest absolute Gasteiger partial charge is 0.262 e. The fourth-order valence-corrected chi connectivity index (χ4v) is 1.67. The number of hydrogen-bond acceptors (Lipinski definition) is 2. The molecular weight excluding hydrogens is 206 g/mol. The number of ketones is 1. The fourth-order valence-electron chi connectivity index (χ4n) is 1.67. The Morgan fingerprint density at radius 1 is 1.19 bits per heavy atom. The monoisotopic (exact) mass is 217 g/mol. The molecule has 0 spiro atoms. The standard InChI is InChI=1S/C13H11FO2/c1-16-13(14)12(15)11-8-4-6-9-5-2-3-7-10(9)11/h2-8,13H,1H3/t13-/m0/s1/i14-1. The molecule has 2 aromatic rings. The SMILES string of the molecule is CO[C@H]([18F])C(=O)c1cccc2ccccc12. The van der Waals surface area contributed by atoms with Crippen LogP contribution in [-0.2, 0) is 4.74 Å². The maximum atomic E-state index is 13.2. The molecule has 0 saturated heterocycles. The number of methoxy groups -OCH3 is 1. The van der Waals surface area contributed by atoms with E-state index in [-0.39, 0.29) is 0 Å². The van der Waals surface area contributed by atoms with Gasteiger partial charge in [-0.25, -0.2) is 4.39 Å². The van der Waals surface area contributed by atoms with Crippen LogP contribution in [0.5, 0.6) is 0 Å². The topological polar surface area (TPSA) is 26.3 Å². The minimum atomic E-state index is -1.90. The van der Waals surface area contributed by atoms with E-state index < -0.39 is 12.1 Å². The summed E-state index contributed by atoms with van der Waals surface area (Å²) in [6, 6.07) is 12.6. The Kier molecular flexibility index (Phi) is 2.97. The predicted molar refractivity (Wildman–Crippen MR) is 60.2 cm³/mol. The Balaban J connectivity index is 2.56. The van der Waals surface area contributed by atoms with Crippen LogP contribution in [0.15, 0.2) is 42.5 Å². The highest BCUT2D eigenvalue weighted by molar-refractivity contribution is 6.09. The summed E-state index contributed by atoms with van der Waals surface area (Å²) in [6.07, 6.45) is -1.90. The van der Waals surface area contributed by atoms with E-state index in [1.807, 2.05) is 24.3 Å². The summed E-state index contributed by atoms with van der Waals surface area (Å²) in [6.45, 7) is 0. The van der Waals surface area contributed by atoms with Gasteiger partial charge in [-0.1, -0.05) is 42.5 Å². The zero-order valence-electron chi connectivity index (χ0n) is 8.81. The van der Waals surface area contributed by atoms with E-state index in [0.717, 1.165) is 10.8 Å².